The molecule has 2 fully saturated rings. The van der Waals surface area contributed by atoms with E-state index in [0.717, 1.165) is 62.4 Å². The summed E-state index contributed by atoms with van der Waals surface area (Å²) in [7, 11) is 0. The Balaban J connectivity index is 1.16. The van der Waals surface area contributed by atoms with Gasteiger partial charge in [0.2, 0.25) is 0 Å². The molecule has 0 bridgehead atoms. The van der Waals surface area contributed by atoms with Crippen molar-refractivity contribution in [2.24, 2.45) is 0 Å². The van der Waals surface area contributed by atoms with Crippen LogP contribution < -0.4 is 15.1 Å². The zero-order valence-electron chi connectivity index (χ0n) is 22.0. The van der Waals surface area contributed by atoms with Crippen molar-refractivity contribution in [1.82, 2.24) is 15.2 Å². The van der Waals surface area contributed by atoms with Crippen molar-refractivity contribution in [2.45, 2.75) is 58.2 Å². The van der Waals surface area contributed by atoms with E-state index in [9.17, 15) is 5.26 Å². The minimum absolute atomic E-state index is 0.120. The number of ether oxygens (including phenoxy) is 1. The van der Waals surface area contributed by atoms with Gasteiger partial charge < -0.3 is 19.9 Å². The number of pyridine rings is 1. The number of morpholine rings is 1. The van der Waals surface area contributed by atoms with Crippen LogP contribution in [0.15, 0.2) is 48.7 Å². The summed E-state index contributed by atoms with van der Waals surface area (Å²) in [6.45, 7) is 13.3. The van der Waals surface area contributed by atoms with Gasteiger partial charge in [0.25, 0.3) is 0 Å². The van der Waals surface area contributed by atoms with Crippen LogP contribution in [0.1, 0.15) is 37.5 Å². The molecule has 1 N–H and O–H groups in total. The van der Waals surface area contributed by atoms with Crippen LogP contribution in [0, 0.1) is 11.3 Å². The number of hydrogen-bond acceptors (Lipinski definition) is 7. The Hall–Kier alpha value is -3.18. The zero-order chi connectivity index (χ0) is 25.5. The van der Waals surface area contributed by atoms with Gasteiger partial charge in [0.05, 0.1) is 23.3 Å². The molecule has 3 aromatic rings. The smallest absolute Gasteiger partial charge is 0.101 e. The first-order valence-corrected chi connectivity index (χ1v) is 13.5. The molecule has 4 atom stereocenters. The van der Waals surface area contributed by atoms with Gasteiger partial charge in [-0.05, 0) is 68.3 Å². The quantitative estimate of drug-likeness (QED) is 0.588. The summed E-state index contributed by atoms with van der Waals surface area (Å²) < 4.78 is 6.43. The van der Waals surface area contributed by atoms with Crippen LogP contribution >= 0.6 is 0 Å². The highest BCUT2D eigenvalue weighted by Crippen LogP contribution is 2.32. The molecule has 0 unspecified atom stereocenters. The summed E-state index contributed by atoms with van der Waals surface area (Å²) in [5.41, 5.74) is 6.76. The Labute approximate surface area is 219 Å². The fourth-order valence-electron chi connectivity index (χ4n) is 6.47. The van der Waals surface area contributed by atoms with Gasteiger partial charge in [-0.15, -0.1) is 0 Å². The van der Waals surface area contributed by atoms with E-state index in [1.165, 1.54) is 16.8 Å². The second-order valence-electron chi connectivity index (χ2n) is 11.1. The average molecular weight is 497 g/mol. The number of nitrogens with zero attached hydrogens (tertiary/aromatic N) is 5. The maximum Gasteiger partial charge on any atom is 0.101 e. The number of aromatic nitrogens is 1. The minimum atomic E-state index is 0.120. The first kappa shape index (κ1) is 24.2. The number of anilines is 2. The van der Waals surface area contributed by atoms with Gasteiger partial charge in [0.1, 0.15) is 6.07 Å². The lowest BCUT2D eigenvalue weighted by Crippen LogP contribution is -2.54. The van der Waals surface area contributed by atoms with Gasteiger partial charge in [0, 0.05) is 80.9 Å². The fraction of sp³-hybridized carbons (Fsp3) is 0.467. The first-order valence-electron chi connectivity index (χ1n) is 13.5. The summed E-state index contributed by atoms with van der Waals surface area (Å²) in [4.78, 5) is 12.0. The Morgan fingerprint density at radius 1 is 0.973 bits per heavy atom. The molecule has 2 aromatic carbocycles. The molecule has 192 valence electrons. The van der Waals surface area contributed by atoms with Crippen molar-refractivity contribution >= 4 is 22.3 Å². The van der Waals surface area contributed by atoms with Gasteiger partial charge in [0.15, 0.2) is 0 Å². The lowest BCUT2D eigenvalue weighted by atomic mass is 10.1. The van der Waals surface area contributed by atoms with E-state index < -0.39 is 0 Å². The van der Waals surface area contributed by atoms with Crippen LogP contribution in [0.4, 0.5) is 11.4 Å². The molecular weight excluding hydrogens is 460 g/mol. The normalized spacial score (nSPS) is 26.3. The predicted molar refractivity (Wildman–Crippen MR) is 148 cm³/mol. The van der Waals surface area contributed by atoms with Crippen LogP contribution in [-0.4, -0.2) is 66.9 Å². The van der Waals surface area contributed by atoms with Crippen molar-refractivity contribution in [1.29, 1.82) is 5.26 Å². The molecule has 4 heterocycles. The number of fused-ring (bicyclic) bond motifs is 2. The van der Waals surface area contributed by atoms with Crippen molar-refractivity contribution in [3.8, 4) is 6.07 Å². The highest BCUT2D eigenvalue weighted by Gasteiger charge is 2.31. The molecule has 7 heteroatoms. The predicted octanol–water partition coefficient (Wildman–Crippen LogP) is 3.90. The molecule has 0 saturated carbocycles. The first-order chi connectivity index (χ1) is 18.0. The second-order valence-corrected chi connectivity index (χ2v) is 11.1. The molecule has 7 nitrogen and oxygen atoms in total. The number of nitrogens with one attached hydrogen (secondary N) is 1. The number of piperazine rings is 1. The van der Waals surface area contributed by atoms with Crippen molar-refractivity contribution in [3.05, 3.63) is 65.4 Å². The Bertz CT molecular complexity index is 1330. The molecule has 0 radical (unpaired) electrons. The van der Waals surface area contributed by atoms with E-state index in [1.807, 2.05) is 12.1 Å². The van der Waals surface area contributed by atoms with Gasteiger partial charge >= 0.3 is 0 Å². The topological polar surface area (TPSA) is 67.7 Å². The van der Waals surface area contributed by atoms with Crippen LogP contribution in [0.5, 0.6) is 0 Å². The second kappa shape index (κ2) is 9.94. The third-order valence-corrected chi connectivity index (χ3v) is 7.90. The van der Waals surface area contributed by atoms with E-state index in [0.29, 0.717) is 17.6 Å². The molecule has 3 aliphatic heterocycles. The van der Waals surface area contributed by atoms with Crippen LogP contribution in [0.2, 0.25) is 0 Å². The number of nitriles is 1. The molecular formula is C30H36N6O. The standard InChI is InChI=1S/C30H36N6O/c1-20-13-35(14-21(2)33-20)26-8-6-24-16-34(17-25(24)11-26)18-27-19-36(15-22(3)37-27)29-9-7-23(12-31)30-28(29)5-4-10-32-30/h4-11,20-22,27,33H,13-19H2,1-3H3/t20-,21+,22-,27+/m1/s1. The molecule has 1 aromatic heterocycles. The lowest BCUT2D eigenvalue weighted by Gasteiger charge is -2.40. The maximum atomic E-state index is 9.53. The largest absolute Gasteiger partial charge is 0.370 e. The maximum absolute atomic E-state index is 9.53. The van der Waals surface area contributed by atoms with E-state index in [4.69, 9.17) is 4.74 Å². The monoisotopic (exact) mass is 496 g/mol. The number of rotatable bonds is 4. The molecule has 6 rings (SSSR count). The SMILES string of the molecule is C[C@@H]1CN(c2ccc3c(c2)CN(C[C@H]2CN(c4ccc(C#N)c5ncccc45)C[C@@H](C)O2)C3)C[C@H](C)N1. The van der Waals surface area contributed by atoms with Crippen molar-refractivity contribution < 1.29 is 4.74 Å². The highest BCUT2D eigenvalue weighted by molar-refractivity contribution is 5.95. The van der Waals surface area contributed by atoms with E-state index in [2.05, 4.69) is 82.2 Å². The fourth-order valence-corrected chi connectivity index (χ4v) is 6.47. The Morgan fingerprint density at radius 2 is 1.78 bits per heavy atom. The minimum Gasteiger partial charge on any atom is -0.370 e. The number of hydrogen-bond donors (Lipinski definition) is 1. The molecule has 0 amide bonds. The van der Waals surface area contributed by atoms with Gasteiger partial charge in [-0.25, -0.2) is 0 Å². The molecule has 3 aliphatic rings. The van der Waals surface area contributed by atoms with E-state index in [-0.39, 0.29) is 12.2 Å². The van der Waals surface area contributed by atoms with Crippen molar-refractivity contribution in [2.75, 3.05) is 42.5 Å². The number of benzene rings is 2. The van der Waals surface area contributed by atoms with Gasteiger partial charge in [-0.1, -0.05) is 6.07 Å². The summed E-state index contributed by atoms with van der Waals surface area (Å²) in [5, 5.41) is 14.2. The summed E-state index contributed by atoms with van der Waals surface area (Å²) in [6, 6.07) is 18.3. The third kappa shape index (κ3) is 4.89. The molecule has 2 saturated heterocycles. The molecule has 0 spiro atoms. The Morgan fingerprint density at radius 3 is 2.59 bits per heavy atom. The van der Waals surface area contributed by atoms with E-state index >= 15 is 0 Å². The van der Waals surface area contributed by atoms with E-state index in [1.54, 1.807) is 6.20 Å². The van der Waals surface area contributed by atoms with Gasteiger partial charge in [-0.3, -0.25) is 9.88 Å². The average Bonchev–Trinajstić information content (AvgIpc) is 3.28. The van der Waals surface area contributed by atoms with Gasteiger partial charge in [-0.2, -0.15) is 5.26 Å². The zero-order valence-corrected chi connectivity index (χ0v) is 22.0. The lowest BCUT2D eigenvalue weighted by molar-refractivity contribution is -0.0329. The van der Waals surface area contributed by atoms with Crippen LogP contribution in [0.3, 0.4) is 0 Å². The summed E-state index contributed by atoms with van der Waals surface area (Å²) in [6.07, 6.45) is 2.02. The van der Waals surface area contributed by atoms with Crippen LogP contribution in [0.25, 0.3) is 10.9 Å². The summed E-state index contributed by atoms with van der Waals surface area (Å²) in [5.74, 6) is 0. The van der Waals surface area contributed by atoms with Crippen LogP contribution in [-0.2, 0) is 17.8 Å². The molecule has 0 aliphatic carbocycles. The molecule has 37 heavy (non-hydrogen) atoms. The van der Waals surface area contributed by atoms with Crippen molar-refractivity contribution in [3.63, 3.8) is 0 Å². The summed E-state index contributed by atoms with van der Waals surface area (Å²) >= 11 is 0. The highest BCUT2D eigenvalue weighted by atomic mass is 16.5. The Kier molecular flexibility index (Phi) is 6.49. The third-order valence-electron chi connectivity index (χ3n) is 7.90.